The molecule has 2 aromatic carbocycles. The Hall–Kier alpha value is -1.94. The molecule has 0 radical (unpaired) electrons. The van der Waals surface area contributed by atoms with Gasteiger partial charge in [-0.2, -0.15) is 5.26 Å². The average molecular weight is 401 g/mol. The van der Waals surface area contributed by atoms with E-state index in [1.807, 2.05) is 24.3 Å². The predicted octanol–water partition coefficient (Wildman–Crippen LogP) is 4.73. The predicted molar refractivity (Wildman–Crippen MR) is 101 cm³/mol. The quantitative estimate of drug-likeness (QED) is 0.539. The van der Waals surface area contributed by atoms with Crippen LogP contribution in [0.15, 0.2) is 57.9 Å². The Morgan fingerprint density at radius 2 is 1.87 bits per heavy atom. The van der Waals surface area contributed by atoms with Crippen LogP contribution in [0.4, 0.5) is 5.69 Å². The van der Waals surface area contributed by atoms with E-state index >= 15 is 0 Å². The van der Waals surface area contributed by atoms with E-state index in [2.05, 4.69) is 22.0 Å². The van der Waals surface area contributed by atoms with E-state index in [-0.39, 0.29) is 5.91 Å². The highest BCUT2D eigenvalue weighted by Crippen LogP contribution is 2.37. The smallest absolute Gasteiger partial charge is 0.268 e. The Kier molecular flexibility index (Phi) is 4.62. The molecular weight excluding hydrogens is 392 g/mol. The number of carbonyl (C=O) groups is 1. The molecule has 3 rings (SSSR count). The van der Waals surface area contributed by atoms with Gasteiger partial charge in [-0.3, -0.25) is 9.69 Å². The molecule has 0 bridgehead atoms. The molecule has 0 aliphatic carbocycles. The number of nitrogens with zero attached hydrogens (tertiary/aromatic N) is 2. The van der Waals surface area contributed by atoms with Crippen molar-refractivity contribution in [3.63, 3.8) is 0 Å². The molecule has 0 aromatic heterocycles. The summed E-state index contributed by atoms with van der Waals surface area (Å²) in [7, 11) is 0. The molecule has 23 heavy (non-hydrogen) atoms. The maximum absolute atomic E-state index is 12.7. The molecule has 1 aliphatic heterocycles. The fourth-order valence-corrected chi connectivity index (χ4v) is 3.70. The second-order valence-corrected chi connectivity index (χ2v) is 7.29. The maximum Gasteiger partial charge on any atom is 0.270 e. The van der Waals surface area contributed by atoms with Gasteiger partial charge in [0.15, 0.2) is 4.32 Å². The average Bonchev–Trinajstić information content (AvgIpc) is 2.83. The Morgan fingerprint density at radius 1 is 1.17 bits per heavy atom. The summed E-state index contributed by atoms with van der Waals surface area (Å²) < 4.78 is 1.41. The third-order valence-corrected chi connectivity index (χ3v) is 5.06. The van der Waals surface area contributed by atoms with Crippen LogP contribution in [0.3, 0.4) is 0 Å². The van der Waals surface area contributed by atoms with Gasteiger partial charge in [0.2, 0.25) is 0 Å². The standard InChI is InChI=1S/C17H9BrN2OS2/c18-13-7-5-11(6-8-13)9-15-16(21)20(17(22)23-15)14-4-2-1-3-12(14)10-19/h1-9H/b15-9-. The number of hydrogen-bond donors (Lipinski definition) is 0. The first-order chi connectivity index (χ1) is 11.1. The van der Waals surface area contributed by atoms with Crippen LogP contribution in [0.5, 0.6) is 0 Å². The Balaban J connectivity index is 1.97. The lowest BCUT2D eigenvalue weighted by Gasteiger charge is -2.15. The van der Waals surface area contributed by atoms with Crippen molar-refractivity contribution in [2.75, 3.05) is 4.90 Å². The maximum atomic E-state index is 12.7. The first kappa shape index (κ1) is 15.9. The van der Waals surface area contributed by atoms with Gasteiger partial charge in [-0.05, 0) is 35.9 Å². The van der Waals surface area contributed by atoms with Gasteiger partial charge in [0.25, 0.3) is 5.91 Å². The van der Waals surface area contributed by atoms with Crippen molar-refractivity contribution in [2.24, 2.45) is 0 Å². The summed E-state index contributed by atoms with van der Waals surface area (Å²) in [5.74, 6) is -0.203. The van der Waals surface area contributed by atoms with Gasteiger partial charge in [-0.25, -0.2) is 0 Å². The van der Waals surface area contributed by atoms with Gasteiger partial charge in [-0.1, -0.05) is 64.2 Å². The molecule has 1 saturated heterocycles. The molecule has 112 valence electrons. The van der Waals surface area contributed by atoms with Gasteiger partial charge < -0.3 is 0 Å². The molecule has 2 aromatic rings. The fourth-order valence-electron chi connectivity index (χ4n) is 2.15. The Morgan fingerprint density at radius 3 is 2.57 bits per heavy atom. The minimum absolute atomic E-state index is 0.203. The van der Waals surface area contributed by atoms with Crippen molar-refractivity contribution in [1.82, 2.24) is 0 Å². The van der Waals surface area contributed by atoms with Gasteiger partial charge in [0.1, 0.15) is 6.07 Å². The Bertz CT molecular complexity index is 869. The van der Waals surface area contributed by atoms with Crippen molar-refractivity contribution < 1.29 is 4.79 Å². The number of rotatable bonds is 2. The van der Waals surface area contributed by atoms with E-state index in [0.29, 0.717) is 20.5 Å². The number of hydrogen-bond acceptors (Lipinski definition) is 4. The second kappa shape index (κ2) is 6.67. The summed E-state index contributed by atoms with van der Waals surface area (Å²) in [6.07, 6.45) is 1.81. The summed E-state index contributed by atoms with van der Waals surface area (Å²) in [6.45, 7) is 0. The molecule has 0 unspecified atom stereocenters. The summed E-state index contributed by atoms with van der Waals surface area (Å²) in [6, 6.07) is 16.7. The minimum atomic E-state index is -0.203. The van der Waals surface area contributed by atoms with Crippen LogP contribution in [0.1, 0.15) is 11.1 Å². The molecule has 0 saturated carbocycles. The molecule has 0 spiro atoms. The van der Waals surface area contributed by atoms with Crippen LogP contribution in [0.25, 0.3) is 6.08 Å². The fraction of sp³-hybridized carbons (Fsp3) is 0. The zero-order valence-corrected chi connectivity index (χ0v) is 14.9. The van der Waals surface area contributed by atoms with Crippen LogP contribution >= 0.6 is 39.9 Å². The van der Waals surface area contributed by atoms with Crippen molar-refractivity contribution in [3.05, 3.63) is 69.0 Å². The second-order valence-electron chi connectivity index (χ2n) is 4.70. The summed E-state index contributed by atoms with van der Waals surface area (Å²) in [5.41, 5.74) is 1.87. The number of anilines is 1. The summed E-state index contributed by atoms with van der Waals surface area (Å²) >= 11 is 9.96. The van der Waals surface area contributed by atoms with Gasteiger partial charge in [-0.15, -0.1) is 0 Å². The topological polar surface area (TPSA) is 44.1 Å². The Labute approximate surface area is 151 Å². The van der Waals surface area contributed by atoms with E-state index in [1.165, 1.54) is 16.7 Å². The lowest BCUT2D eigenvalue weighted by atomic mass is 10.1. The lowest BCUT2D eigenvalue weighted by Crippen LogP contribution is -2.28. The molecule has 3 nitrogen and oxygen atoms in total. The minimum Gasteiger partial charge on any atom is -0.268 e. The van der Waals surface area contributed by atoms with Gasteiger partial charge in [0, 0.05) is 4.47 Å². The molecule has 1 fully saturated rings. The number of nitriles is 1. The number of amides is 1. The highest BCUT2D eigenvalue weighted by atomic mass is 79.9. The number of para-hydroxylation sites is 1. The van der Waals surface area contributed by atoms with Crippen LogP contribution in [-0.2, 0) is 4.79 Å². The van der Waals surface area contributed by atoms with Crippen molar-refractivity contribution >= 4 is 61.9 Å². The van der Waals surface area contributed by atoms with Crippen LogP contribution < -0.4 is 4.90 Å². The molecule has 0 atom stereocenters. The van der Waals surface area contributed by atoms with Crippen molar-refractivity contribution in [1.29, 1.82) is 5.26 Å². The molecule has 1 amide bonds. The zero-order chi connectivity index (χ0) is 16.4. The number of carbonyl (C=O) groups excluding carboxylic acids is 1. The normalized spacial score (nSPS) is 16.0. The van der Waals surface area contributed by atoms with Crippen LogP contribution in [0, 0.1) is 11.3 Å². The highest BCUT2D eigenvalue weighted by Gasteiger charge is 2.34. The van der Waals surface area contributed by atoms with Crippen LogP contribution in [-0.4, -0.2) is 10.2 Å². The monoisotopic (exact) mass is 400 g/mol. The first-order valence-electron chi connectivity index (χ1n) is 6.63. The van der Waals surface area contributed by atoms with Crippen molar-refractivity contribution in [2.45, 2.75) is 0 Å². The van der Waals surface area contributed by atoms with E-state index in [4.69, 9.17) is 12.2 Å². The number of benzene rings is 2. The summed E-state index contributed by atoms with van der Waals surface area (Å²) in [4.78, 5) is 14.7. The zero-order valence-electron chi connectivity index (χ0n) is 11.7. The number of halogens is 1. The van der Waals surface area contributed by atoms with Gasteiger partial charge in [0.05, 0.1) is 16.2 Å². The number of thiocarbonyl (C=S) groups is 1. The first-order valence-corrected chi connectivity index (χ1v) is 8.64. The molecular formula is C17H9BrN2OS2. The molecule has 6 heteroatoms. The molecule has 0 N–H and O–H groups in total. The summed E-state index contributed by atoms with van der Waals surface area (Å²) in [5, 5.41) is 9.22. The number of thioether (sulfide) groups is 1. The molecule has 1 heterocycles. The van der Waals surface area contributed by atoms with Crippen LogP contribution in [0.2, 0.25) is 0 Å². The van der Waals surface area contributed by atoms with E-state index in [0.717, 1.165) is 10.0 Å². The van der Waals surface area contributed by atoms with Crippen molar-refractivity contribution in [3.8, 4) is 6.07 Å². The molecule has 1 aliphatic rings. The van der Waals surface area contributed by atoms with E-state index in [1.54, 1.807) is 30.3 Å². The van der Waals surface area contributed by atoms with E-state index < -0.39 is 0 Å². The lowest BCUT2D eigenvalue weighted by molar-refractivity contribution is -0.113. The third-order valence-electron chi connectivity index (χ3n) is 3.23. The van der Waals surface area contributed by atoms with E-state index in [9.17, 15) is 10.1 Å². The highest BCUT2D eigenvalue weighted by molar-refractivity contribution is 9.10. The third kappa shape index (κ3) is 3.22. The van der Waals surface area contributed by atoms with Gasteiger partial charge >= 0.3 is 0 Å². The SMILES string of the molecule is N#Cc1ccccc1N1C(=O)/C(=C/c2ccc(Br)cc2)SC1=S. The largest absolute Gasteiger partial charge is 0.270 e.